The summed E-state index contributed by atoms with van der Waals surface area (Å²) in [5.74, 6) is -0.661. The first-order valence-electron chi connectivity index (χ1n) is 6.23. The molecule has 8 nitrogen and oxygen atoms in total. The van der Waals surface area contributed by atoms with Gasteiger partial charge in [-0.15, -0.1) is 0 Å². The number of hydrogen-bond donors (Lipinski definition) is 2. The first-order chi connectivity index (χ1) is 9.10. The summed E-state index contributed by atoms with van der Waals surface area (Å²) in [4.78, 5) is 0. The van der Waals surface area contributed by atoms with Gasteiger partial charge in [0.1, 0.15) is 15.7 Å². The fraction of sp³-hybridized carbons (Fsp3) is 0.900. The van der Waals surface area contributed by atoms with Crippen molar-refractivity contribution in [2.75, 3.05) is 25.1 Å². The van der Waals surface area contributed by atoms with Gasteiger partial charge in [-0.2, -0.15) is 0 Å². The van der Waals surface area contributed by atoms with Crippen LogP contribution in [0.15, 0.2) is 5.16 Å². The molecular formula is C10H21N3O5S2. The van der Waals surface area contributed by atoms with Crippen LogP contribution in [0.1, 0.15) is 19.8 Å². The van der Waals surface area contributed by atoms with Gasteiger partial charge in [0.25, 0.3) is 0 Å². The molecule has 0 aliphatic carbocycles. The Bertz CT molecular complexity index is 556. The molecule has 1 fully saturated rings. The Morgan fingerprint density at radius 3 is 2.40 bits per heavy atom. The average Bonchev–Trinajstić information content (AvgIpc) is 2.36. The van der Waals surface area contributed by atoms with E-state index in [1.807, 2.05) is 0 Å². The molecule has 0 amide bonds. The first kappa shape index (κ1) is 17.2. The summed E-state index contributed by atoms with van der Waals surface area (Å²) in [5, 5.41) is 10.7. The molecule has 0 aromatic carbocycles. The maximum atomic E-state index is 12.3. The molecule has 1 atom stereocenters. The van der Waals surface area contributed by atoms with Crippen molar-refractivity contribution in [2.45, 2.75) is 25.0 Å². The second kappa shape index (κ2) is 6.27. The fourth-order valence-corrected chi connectivity index (χ4v) is 5.66. The van der Waals surface area contributed by atoms with E-state index in [9.17, 15) is 16.8 Å². The van der Waals surface area contributed by atoms with E-state index >= 15 is 0 Å². The third kappa shape index (κ3) is 4.06. The Balaban J connectivity index is 2.74. The molecular weight excluding hydrogens is 306 g/mol. The number of rotatable bonds is 5. The molecule has 1 aliphatic rings. The highest BCUT2D eigenvalue weighted by molar-refractivity contribution is 7.92. The van der Waals surface area contributed by atoms with Gasteiger partial charge < -0.3 is 10.9 Å². The zero-order valence-corrected chi connectivity index (χ0v) is 13.2. The van der Waals surface area contributed by atoms with E-state index < -0.39 is 31.0 Å². The number of nitrogens with zero attached hydrogens (tertiary/aromatic N) is 2. The molecule has 1 heterocycles. The summed E-state index contributed by atoms with van der Waals surface area (Å²) < 4.78 is 48.5. The highest BCUT2D eigenvalue weighted by atomic mass is 32.2. The minimum Gasteiger partial charge on any atom is -0.409 e. The number of sulfone groups is 1. The SMILES string of the molecule is CC(CN(C)S(=O)(=O)C1CCS(=O)(=O)CC1)C(N)=NO. The van der Waals surface area contributed by atoms with Gasteiger partial charge in [-0.1, -0.05) is 12.1 Å². The van der Waals surface area contributed by atoms with Crippen molar-refractivity contribution in [1.29, 1.82) is 0 Å². The second-order valence-corrected chi connectivity index (χ2v) is 9.73. The summed E-state index contributed by atoms with van der Waals surface area (Å²) in [6.07, 6.45) is 0.236. The molecule has 0 aromatic heterocycles. The van der Waals surface area contributed by atoms with Crippen molar-refractivity contribution in [2.24, 2.45) is 16.8 Å². The van der Waals surface area contributed by atoms with Gasteiger partial charge in [0.15, 0.2) is 0 Å². The maximum absolute atomic E-state index is 12.3. The van der Waals surface area contributed by atoms with Crippen LogP contribution in [0.25, 0.3) is 0 Å². The smallest absolute Gasteiger partial charge is 0.216 e. The summed E-state index contributed by atoms with van der Waals surface area (Å²) in [6, 6.07) is 0. The number of oxime groups is 1. The van der Waals surface area contributed by atoms with Crippen LogP contribution in [0, 0.1) is 5.92 Å². The highest BCUT2D eigenvalue weighted by Crippen LogP contribution is 2.22. The lowest BCUT2D eigenvalue weighted by molar-refractivity contribution is 0.312. The standard InChI is InChI=1S/C10H21N3O5S2/c1-8(10(11)12-14)7-13(2)20(17,18)9-3-5-19(15,16)6-4-9/h8-9,14H,3-7H2,1-2H3,(H2,11,12). The van der Waals surface area contributed by atoms with Crippen LogP contribution in [-0.2, 0) is 19.9 Å². The van der Waals surface area contributed by atoms with Crippen LogP contribution in [-0.4, -0.2) is 62.5 Å². The van der Waals surface area contributed by atoms with E-state index in [0.717, 1.165) is 4.31 Å². The minimum atomic E-state index is -3.57. The van der Waals surface area contributed by atoms with Crippen molar-refractivity contribution in [3.8, 4) is 0 Å². The molecule has 1 rings (SSSR count). The van der Waals surface area contributed by atoms with Gasteiger partial charge >= 0.3 is 0 Å². The molecule has 20 heavy (non-hydrogen) atoms. The van der Waals surface area contributed by atoms with Gasteiger partial charge in [0, 0.05) is 19.5 Å². The third-order valence-electron chi connectivity index (χ3n) is 3.51. The summed E-state index contributed by atoms with van der Waals surface area (Å²) in [7, 11) is -5.25. The fourth-order valence-electron chi connectivity index (χ4n) is 2.10. The Labute approximate surface area is 119 Å². The van der Waals surface area contributed by atoms with Gasteiger partial charge in [-0.05, 0) is 12.8 Å². The molecule has 0 spiro atoms. The molecule has 1 unspecified atom stereocenters. The molecule has 0 bridgehead atoms. The highest BCUT2D eigenvalue weighted by Gasteiger charge is 2.35. The predicted molar refractivity (Wildman–Crippen MR) is 75.8 cm³/mol. The van der Waals surface area contributed by atoms with E-state index in [4.69, 9.17) is 10.9 Å². The molecule has 1 saturated heterocycles. The van der Waals surface area contributed by atoms with Crippen LogP contribution in [0.2, 0.25) is 0 Å². The Kier molecular flexibility index (Phi) is 5.39. The van der Waals surface area contributed by atoms with Crippen molar-refractivity contribution in [1.82, 2.24) is 4.31 Å². The second-order valence-electron chi connectivity index (χ2n) is 5.10. The number of sulfonamides is 1. The van der Waals surface area contributed by atoms with E-state index in [0.29, 0.717) is 0 Å². The summed E-state index contributed by atoms with van der Waals surface area (Å²) in [6.45, 7) is 1.73. The van der Waals surface area contributed by atoms with Crippen LogP contribution >= 0.6 is 0 Å². The molecule has 0 saturated carbocycles. The predicted octanol–water partition coefficient (Wildman–Crippen LogP) is -0.792. The van der Waals surface area contributed by atoms with Crippen LogP contribution in [0.4, 0.5) is 0 Å². The Morgan fingerprint density at radius 1 is 1.45 bits per heavy atom. The van der Waals surface area contributed by atoms with Crippen molar-refractivity contribution >= 4 is 25.7 Å². The maximum Gasteiger partial charge on any atom is 0.216 e. The molecule has 118 valence electrons. The van der Waals surface area contributed by atoms with Gasteiger partial charge in [0.2, 0.25) is 10.0 Å². The largest absolute Gasteiger partial charge is 0.409 e. The topological polar surface area (TPSA) is 130 Å². The Hall–Kier alpha value is -0.870. The monoisotopic (exact) mass is 327 g/mol. The van der Waals surface area contributed by atoms with Gasteiger partial charge in [-0.3, -0.25) is 0 Å². The lowest BCUT2D eigenvalue weighted by atomic mass is 10.2. The van der Waals surface area contributed by atoms with E-state index in [1.165, 1.54) is 7.05 Å². The van der Waals surface area contributed by atoms with Crippen LogP contribution in [0.3, 0.4) is 0 Å². The van der Waals surface area contributed by atoms with Gasteiger partial charge in [0.05, 0.1) is 16.8 Å². The lowest BCUT2D eigenvalue weighted by Gasteiger charge is -2.28. The van der Waals surface area contributed by atoms with Crippen molar-refractivity contribution in [3.63, 3.8) is 0 Å². The Morgan fingerprint density at radius 2 is 1.95 bits per heavy atom. The average molecular weight is 327 g/mol. The van der Waals surface area contributed by atoms with Crippen molar-refractivity contribution < 1.29 is 22.0 Å². The van der Waals surface area contributed by atoms with Crippen LogP contribution < -0.4 is 5.73 Å². The molecule has 1 aliphatic heterocycles. The zero-order valence-electron chi connectivity index (χ0n) is 11.6. The molecule has 0 radical (unpaired) electrons. The summed E-state index contributed by atoms with van der Waals surface area (Å²) >= 11 is 0. The lowest BCUT2D eigenvalue weighted by Crippen LogP contribution is -2.43. The van der Waals surface area contributed by atoms with E-state index in [1.54, 1.807) is 6.92 Å². The summed E-state index contributed by atoms with van der Waals surface area (Å²) in [5.41, 5.74) is 5.42. The zero-order chi connectivity index (χ0) is 15.6. The third-order valence-corrected chi connectivity index (χ3v) is 7.56. The number of nitrogens with two attached hydrogens (primary N) is 1. The van der Waals surface area contributed by atoms with E-state index in [2.05, 4.69) is 5.16 Å². The number of amidine groups is 1. The molecule has 10 heteroatoms. The van der Waals surface area contributed by atoms with Crippen LogP contribution in [0.5, 0.6) is 0 Å². The first-order valence-corrected chi connectivity index (χ1v) is 9.55. The number of hydrogen-bond acceptors (Lipinski definition) is 6. The quantitative estimate of drug-likeness (QED) is 0.294. The normalized spacial score (nSPS) is 22.9. The molecule has 3 N–H and O–H groups in total. The minimum absolute atomic E-state index is 0.0433. The van der Waals surface area contributed by atoms with Crippen molar-refractivity contribution in [3.05, 3.63) is 0 Å². The molecule has 0 aromatic rings. The van der Waals surface area contributed by atoms with Gasteiger partial charge in [-0.25, -0.2) is 21.1 Å². The van der Waals surface area contributed by atoms with E-state index in [-0.39, 0.29) is 36.7 Å².